The number of fused-ring (bicyclic) bond motifs is 2. The molecule has 1 N–H and O–H groups in total. The van der Waals surface area contributed by atoms with Gasteiger partial charge in [0.05, 0.1) is 10.0 Å². The fraction of sp³-hybridized carbons (Fsp3) is 0.154. The fourth-order valence-corrected chi connectivity index (χ4v) is 4.13. The maximum atomic E-state index is 6.21. The number of hydrogen-bond donors (Lipinski definition) is 1. The highest BCUT2D eigenvalue weighted by Crippen LogP contribution is 2.33. The van der Waals surface area contributed by atoms with Crippen molar-refractivity contribution in [1.29, 1.82) is 0 Å². The Morgan fingerprint density at radius 1 is 0.781 bits per heavy atom. The maximum absolute atomic E-state index is 6.21. The van der Waals surface area contributed by atoms with Crippen LogP contribution in [0.4, 0.5) is 0 Å². The molecule has 4 aromatic rings. The molecule has 0 atom stereocenters. The molecule has 0 fully saturated rings. The lowest BCUT2D eigenvalue weighted by Crippen LogP contribution is -2.14. The van der Waals surface area contributed by atoms with Gasteiger partial charge >= 0.3 is 0 Å². The first-order chi connectivity index (χ1) is 15.7. The van der Waals surface area contributed by atoms with Crippen LogP contribution in [0, 0.1) is 0 Å². The summed E-state index contributed by atoms with van der Waals surface area (Å²) in [5.74, 6) is 2.42. The predicted molar refractivity (Wildman–Crippen MR) is 128 cm³/mol. The van der Waals surface area contributed by atoms with Crippen molar-refractivity contribution in [3.8, 4) is 17.2 Å². The summed E-state index contributed by atoms with van der Waals surface area (Å²) >= 11 is 12.2. The lowest BCUT2D eigenvalue weighted by atomic mass is 10.0. The minimum absolute atomic E-state index is 0.280. The number of benzene rings is 4. The quantitative estimate of drug-likeness (QED) is 0.327. The molecule has 1 heterocycles. The van der Waals surface area contributed by atoms with Crippen LogP contribution in [0.5, 0.6) is 17.2 Å². The summed E-state index contributed by atoms with van der Waals surface area (Å²) < 4.78 is 17.1. The van der Waals surface area contributed by atoms with Crippen LogP contribution >= 0.6 is 23.2 Å². The van der Waals surface area contributed by atoms with Crippen molar-refractivity contribution < 1.29 is 14.2 Å². The highest BCUT2D eigenvalue weighted by molar-refractivity contribution is 6.42. The number of nitrogens with one attached hydrogen (secondary N) is 1. The average Bonchev–Trinajstić information content (AvgIpc) is 3.28. The first-order valence-electron chi connectivity index (χ1n) is 10.3. The third kappa shape index (κ3) is 4.49. The predicted octanol–water partition coefficient (Wildman–Crippen LogP) is 6.74. The van der Waals surface area contributed by atoms with E-state index in [1.165, 1.54) is 5.39 Å². The van der Waals surface area contributed by atoms with E-state index < -0.39 is 0 Å². The zero-order valence-corrected chi connectivity index (χ0v) is 18.7. The Morgan fingerprint density at radius 2 is 1.62 bits per heavy atom. The van der Waals surface area contributed by atoms with Crippen LogP contribution in [-0.4, -0.2) is 6.79 Å². The molecule has 4 nitrogen and oxygen atoms in total. The van der Waals surface area contributed by atoms with E-state index in [2.05, 4.69) is 23.5 Å². The van der Waals surface area contributed by atoms with Crippen molar-refractivity contribution >= 4 is 34.0 Å². The molecule has 0 unspecified atom stereocenters. The van der Waals surface area contributed by atoms with Gasteiger partial charge in [-0.2, -0.15) is 0 Å². The molecule has 162 valence electrons. The van der Waals surface area contributed by atoms with Gasteiger partial charge in [0.15, 0.2) is 11.5 Å². The minimum Gasteiger partial charge on any atom is -0.489 e. The molecule has 0 spiro atoms. The van der Waals surface area contributed by atoms with Gasteiger partial charge in [0.1, 0.15) is 12.4 Å². The van der Waals surface area contributed by atoms with Gasteiger partial charge in [-0.25, -0.2) is 0 Å². The van der Waals surface area contributed by atoms with Crippen LogP contribution in [0.1, 0.15) is 16.7 Å². The lowest BCUT2D eigenvalue weighted by Gasteiger charge is -2.16. The summed E-state index contributed by atoms with van der Waals surface area (Å²) in [6, 6.07) is 24.0. The summed E-state index contributed by atoms with van der Waals surface area (Å²) in [6.07, 6.45) is 0. The summed E-state index contributed by atoms with van der Waals surface area (Å²) in [6.45, 7) is 2.05. The van der Waals surface area contributed by atoms with E-state index in [1.807, 2.05) is 48.5 Å². The summed E-state index contributed by atoms with van der Waals surface area (Å²) in [7, 11) is 0. The molecule has 0 saturated heterocycles. The first-order valence-corrected chi connectivity index (χ1v) is 11.1. The molecule has 0 amide bonds. The van der Waals surface area contributed by atoms with Crippen molar-refractivity contribution in [2.45, 2.75) is 19.7 Å². The summed E-state index contributed by atoms with van der Waals surface area (Å²) in [5, 5.41) is 6.94. The van der Waals surface area contributed by atoms with Gasteiger partial charge in [-0.15, -0.1) is 0 Å². The van der Waals surface area contributed by atoms with E-state index in [-0.39, 0.29) is 6.79 Å². The normalized spacial score (nSPS) is 12.3. The molecule has 4 aromatic carbocycles. The Kier molecular flexibility index (Phi) is 6.08. The van der Waals surface area contributed by atoms with Crippen LogP contribution in [0.3, 0.4) is 0 Å². The monoisotopic (exact) mass is 465 g/mol. The van der Waals surface area contributed by atoms with Crippen LogP contribution in [-0.2, 0) is 19.7 Å². The minimum atomic E-state index is 0.280. The highest BCUT2D eigenvalue weighted by atomic mass is 35.5. The zero-order valence-electron chi connectivity index (χ0n) is 17.2. The molecule has 1 aliphatic heterocycles. The third-order valence-corrected chi connectivity index (χ3v) is 6.18. The maximum Gasteiger partial charge on any atom is 0.231 e. The van der Waals surface area contributed by atoms with Gasteiger partial charge in [0, 0.05) is 18.7 Å². The molecule has 1 aliphatic rings. The van der Waals surface area contributed by atoms with Crippen LogP contribution < -0.4 is 19.5 Å². The Morgan fingerprint density at radius 3 is 2.53 bits per heavy atom. The average molecular weight is 466 g/mol. The standard InChI is InChI=1S/C26H21Cl2NO3/c27-22-8-5-18(11-23(22)28)15-30-24-10-7-19-3-1-2-4-20(19)21(24)14-29-13-17-6-9-25-26(12-17)32-16-31-25/h1-12,29H,13-16H2. The number of halogens is 2. The van der Waals surface area contributed by atoms with E-state index in [9.17, 15) is 0 Å². The van der Waals surface area contributed by atoms with E-state index in [0.29, 0.717) is 29.7 Å². The molecule has 0 radical (unpaired) electrons. The summed E-state index contributed by atoms with van der Waals surface area (Å²) in [5.41, 5.74) is 3.21. The fourth-order valence-electron chi connectivity index (χ4n) is 3.81. The van der Waals surface area contributed by atoms with Crippen LogP contribution in [0.25, 0.3) is 10.8 Å². The molecule has 0 aromatic heterocycles. The second-order valence-corrected chi connectivity index (χ2v) is 8.41. The Balaban J connectivity index is 1.34. The Labute approximate surface area is 196 Å². The molecule has 0 aliphatic carbocycles. The van der Waals surface area contributed by atoms with Crippen LogP contribution in [0.2, 0.25) is 10.0 Å². The van der Waals surface area contributed by atoms with Gasteiger partial charge < -0.3 is 19.5 Å². The smallest absolute Gasteiger partial charge is 0.231 e. The van der Waals surface area contributed by atoms with Gasteiger partial charge in [0.25, 0.3) is 0 Å². The van der Waals surface area contributed by atoms with Crippen molar-refractivity contribution in [3.63, 3.8) is 0 Å². The van der Waals surface area contributed by atoms with E-state index in [4.69, 9.17) is 37.4 Å². The zero-order chi connectivity index (χ0) is 21.9. The lowest BCUT2D eigenvalue weighted by molar-refractivity contribution is 0.174. The first kappa shape index (κ1) is 21.0. The number of rotatable bonds is 7. The molecular weight excluding hydrogens is 445 g/mol. The molecule has 0 saturated carbocycles. The van der Waals surface area contributed by atoms with Gasteiger partial charge in [-0.05, 0) is 52.2 Å². The molecule has 6 heteroatoms. The van der Waals surface area contributed by atoms with Crippen LogP contribution in [0.15, 0.2) is 72.8 Å². The molecule has 32 heavy (non-hydrogen) atoms. The topological polar surface area (TPSA) is 39.7 Å². The Hall–Kier alpha value is -2.92. The van der Waals surface area contributed by atoms with E-state index in [0.717, 1.165) is 39.3 Å². The van der Waals surface area contributed by atoms with E-state index in [1.54, 1.807) is 6.07 Å². The second kappa shape index (κ2) is 9.29. The second-order valence-electron chi connectivity index (χ2n) is 7.59. The van der Waals surface area contributed by atoms with Gasteiger partial charge in [0.2, 0.25) is 6.79 Å². The number of hydrogen-bond acceptors (Lipinski definition) is 4. The molecule has 0 bridgehead atoms. The van der Waals surface area contributed by atoms with Gasteiger partial charge in [-0.3, -0.25) is 0 Å². The highest BCUT2D eigenvalue weighted by Gasteiger charge is 2.14. The number of ether oxygens (including phenoxy) is 3. The molecule has 5 rings (SSSR count). The third-order valence-electron chi connectivity index (χ3n) is 5.44. The Bertz CT molecular complexity index is 1280. The van der Waals surface area contributed by atoms with Crippen molar-refractivity contribution in [1.82, 2.24) is 5.32 Å². The largest absolute Gasteiger partial charge is 0.489 e. The van der Waals surface area contributed by atoms with Gasteiger partial charge in [-0.1, -0.05) is 65.7 Å². The van der Waals surface area contributed by atoms with Crippen molar-refractivity contribution in [2.75, 3.05) is 6.79 Å². The van der Waals surface area contributed by atoms with E-state index >= 15 is 0 Å². The summed E-state index contributed by atoms with van der Waals surface area (Å²) in [4.78, 5) is 0. The SMILES string of the molecule is Clc1ccc(COc2ccc3ccccc3c2CNCc2ccc3c(c2)OCO3)cc1Cl. The van der Waals surface area contributed by atoms with Crippen molar-refractivity contribution in [2.24, 2.45) is 0 Å². The van der Waals surface area contributed by atoms with Crippen molar-refractivity contribution in [3.05, 3.63) is 99.5 Å². The molecular formula is C26H21Cl2NO3.